The average Bonchev–Trinajstić information content (AvgIpc) is 3.37. The van der Waals surface area contributed by atoms with Gasteiger partial charge >= 0.3 is 12.1 Å². The molecule has 2 amide bonds. The van der Waals surface area contributed by atoms with E-state index >= 15 is 0 Å². The van der Waals surface area contributed by atoms with Crippen LogP contribution >= 0.6 is 11.6 Å². The Morgan fingerprint density at radius 3 is 2.61 bits per heavy atom. The summed E-state index contributed by atoms with van der Waals surface area (Å²) in [4.78, 5) is 41.9. The summed E-state index contributed by atoms with van der Waals surface area (Å²) in [5.41, 5.74) is -0.221. The van der Waals surface area contributed by atoms with Gasteiger partial charge in [-0.1, -0.05) is 23.2 Å². The first kappa shape index (κ1) is 30.9. The van der Waals surface area contributed by atoms with Gasteiger partial charge in [-0.2, -0.15) is 0 Å². The number of methoxy groups -OCH3 is 1. The number of nitrogens with zero attached hydrogens (tertiary/aromatic N) is 5. The van der Waals surface area contributed by atoms with Crippen LogP contribution in [0.15, 0.2) is 24.5 Å². The van der Waals surface area contributed by atoms with E-state index in [1.807, 2.05) is 0 Å². The number of aliphatic hydroxyl groups excluding tert-OH is 1. The lowest BCUT2D eigenvalue weighted by Gasteiger charge is -2.27. The van der Waals surface area contributed by atoms with E-state index in [0.29, 0.717) is 25.9 Å². The number of ether oxygens (including phenoxy) is 2. The van der Waals surface area contributed by atoms with Crippen molar-refractivity contribution in [3.8, 4) is 0 Å². The third-order valence-corrected chi connectivity index (χ3v) is 5.39. The van der Waals surface area contributed by atoms with Gasteiger partial charge in [0.25, 0.3) is 0 Å². The van der Waals surface area contributed by atoms with Crippen molar-refractivity contribution in [2.24, 2.45) is 0 Å². The van der Waals surface area contributed by atoms with E-state index in [0.717, 1.165) is 12.8 Å². The zero-order valence-electron chi connectivity index (χ0n) is 22.1. The Morgan fingerprint density at radius 1 is 1.21 bits per heavy atom. The van der Waals surface area contributed by atoms with Gasteiger partial charge in [-0.05, 0) is 52.3 Å². The summed E-state index contributed by atoms with van der Waals surface area (Å²) < 4.78 is 11.6. The number of hydrogen-bond donors (Lipinski definition) is 3. The molecule has 1 unspecified atom stereocenters. The number of hydrogen-bond acceptors (Lipinski definition) is 10. The largest absolute Gasteiger partial charge is 0.469 e. The van der Waals surface area contributed by atoms with Crippen LogP contribution in [0.5, 0.6) is 0 Å². The molecule has 1 atom stereocenters. The van der Waals surface area contributed by atoms with Gasteiger partial charge in [-0.3, -0.25) is 24.5 Å². The van der Waals surface area contributed by atoms with Gasteiger partial charge in [0, 0.05) is 19.2 Å². The minimum Gasteiger partial charge on any atom is -0.469 e. The van der Waals surface area contributed by atoms with Crippen LogP contribution in [0.1, 0.15) is 58.4 Å². The lowest BCUT2D eigenvalue weighted by molar-refractivity contribution is -0.140. The molecule has 0 aliphatic rings. The Morgan fingerprint density at radius 2 is 1.97 bits per heavy atom. The fraction of sp³-hybridized carbons (Fsp3) is 0.583. The first-order chi connectivity index (χ1) is 18.0. The molecule has 0 spiro atoms. The third kappa shape index (κ3) is 11.4. The van der Waals surface area contributed by atoms with Crippen molar-refractivity contribution in [2.45, 2.75) is 64.8 Å². The van der Waals surface area contributed by atoms with E-state index < -0.39 is 23.8 Å². The van der Waals surface area contributed by atoms with Gasteiger partial charge in [0.2, 0.25) is 5.91 Å². The molecule has 3 N–H and O–H groups in total. The van der Waals surface area contributed by atoms with Gasteiger partial charge in [-0.25, -0.2) is 9.78 Å². The SMILES string of the molecule is COC(=O)CCCCCNC(O)c1ccc(NC(=O)CN(CCn2ccnn2)C(=O)OC(C)(C)C)c(Cl)n1. The fourth-order valence-corrected chi connectivity index (χ4v) is 3.42. The Balaban J connectivity index is 1.90. The number of esters is 1. The van der Waals surface area contributed by atoms with Crippen LogP contribution in [0.2, 0.25) is 5.15 Å². The number of amides is 2. The second kappa shape index (κ2) is 15.2. The highest BCUT2D eigenvalue weighted by Gasteiger charge is 2.24. The van der Waals surface area contributed by atoms with Gasteiger partial charge in [0.1, 0.15) is 18.4 Å². The summed E-state index contributed by atoms with van der Waals surface area (Å²) in [6, 6.07) is 3.06. The predicted octanol–water partition coefficient (Wildman–Crippen LogP) is 2.52. The Hall–Kier alpha value is -3.29. The molecule has 2 heterocycles. The molecule has 14 heteroatoms. The molecule has 2 aromatic heterocycles. The molecule has 38 heavy (non-hydrogen) atoms. The van der Waals surface area contributed by atoms with Crippen LogP contribution in [0.25, 0.3) is 0 Å². The summed E-state index contributed by atoms with van der Waals surface area (Å²) in [5, 5.41) is 23.5. The topological polar surface area (TPSA) is 161 Å². The number of nitrogens with one attached hydrogen (secondary N) is 2. The standard InChI is InChI=1S/C24H36ClN7O6/c1-24(2,3)38-23(36)31(14-15-32-13-12-27-30-32)16-19(33)28-17-9-10-18(29-21(17)25)22(35)26-11-7-5-6-8-20(34)37-4/h9-10,12-13,22,26,35H,5-8,11,14-16H2,1-4H3,(H,28,33). The molecular weight excluding hydrogens is 518 g/mol. The molecule has 0 saturated heterocycles. The fourth-order valence-electron chi connectivity index (χ4n) is 3.21. The van der Waals surface area contributed by atoms with Crippen LogP contribution in [-0.2, 0) is 25.6 Å². The normalized spacial score (nSPS) is 12.1. The van der Waals surface area contributed by atoms with E-state index in [1.165, 1.54) is 35.0 Å². The number of halogens is 1. The maximum Gasteiger partial charge on any atom is 0.410 e. The van der Waals surface area contributed by atoms with E-state index in [1.54, 1.807) is 27.0 Å². The van der Waals surface area contributed by atoms with Crippen LogP contribution in [0, 0.1) is 0 Å². The Bertz CT molecular complexity index is 1050. The molecule has 13 nitrogen and oxygen atoms in total. The number of carbonyl (C=O) groups is 3. The summed E-state index contributed by atoms with van der Waals surface area (Å²) in [5.74, 6) is -0.745. The molecular formula is C24H36ClN7O6. The molecule has 2 aromatic rings. The smallest absolute Gasteiger partial charge is 0.410 e. The maximum atomic E-state index is 12.7. The first-order valence-corrected chi connectivity index (χ1v) is 12.6. The molecule has 0 radical (unpaired) electrons. The second-order valence-corrected chi connectivity index (χ2v) is 9.79. The van der Waals surface area contributed by atoms with Crippen molar-refractivity contribution in [3.05, 3.63) is 35.4 Å². The minimum atomic E-state index is -1.06. The van der Waals surface area contributed by atoms with E-state index in [9.17, 15) is 19.5 Å². The molecule has 0 bridgehead atoms. The molecule has 0 fully saturated rings. The lowest BCUT2D eigenvalue weighted by atomic mass is 10.2. The number of carbonyl (C=O) groups excluding carboxylic acids is 3. The summed E-state index contributed by atoms with van der Waals surface area (Å²) >= 11 is 6.25. The van der Waals surface area contributed by atoms with Gasteiger partial charge < -0.3 is 19.9 Å². The molecule has 0 aliphatic heterocycles. The van der Waals surface area contributed by atoms with Gasteiger partial charge in [0.05, 0.1) is 31.2 Å². The molecule has 0 aliphatic carbocycles. The molecule has 2 rings (SSSR count). The molecule has 0 aromatic carbocycles. The van der Waals surface area contributed by atoms with E-state index in [-0.39, 0.29) is 35.6 Å². The van der Waals surface area contributed by atoms with Gasteiger partial charge in [-0.15, -0.1) is 5.10 Å². The van der Waals surface area contributed by atoms with Gasteiger partial charge in [0.15, 0.2) is 5.15 Å². The Labute approximate surface area is 226 Å². The first-order valence-electron chi connectivity index (χ1n) is 12.2. The number of aliphatic hydroxyl groups is 1. The number of rotatable bonds is 14. The summed E-state index contributed by atoms with van der Waals surface area (Å²) in [6.45, 7) is 5.92. The van der Waals surface area contributed by atoms with Crippen molar-refractivity contribution in [3.63, 3.8) is 0 Å². The van der Waals surface area contributed by atoms with Crippen LogP contribution in [0.4, 0.5) is 10.5 Å². The van der Waals surface area contributed by atoms with Crippen molar-refractivity contribution < 1.29 is 29.0 Å². The van der Waals surface area contributed by atoms with Crippen molar-refractivity contribution >= 4 is 35.3 Å². The lowest BCUT2D eigenvalue weighted by Crippen LogP contribution is -2.43. The summed E-state index contributed by atoms with van der Waals surface area (Å²) in [6.07, 6.45) is 4.07. The highest BCUT2D eigenvalue weighted by Crippen LogP contribution is 2.22. The predicted molar refractivity (Wildman–Crippen MR) is 139 cm³/mol. The minimum absolute atomic E-state index is 0.0128. The number of anilines is 1. The zero-order valence-corrected chi connectivity index (χ0v) is 22.9. The quantitative estimate of drug-likeness (QED) is 0.137. The second-order valence-electron chi connectivity index (χ2n) is 9.43. The van der Waals surface area contributed by atoms with Crippen molar-refractivity contribution in [2.75, 3.05) is 32.1 Å². The van der Waals surface area contributed by atoms with Crippen LogP contribution in [0.3, 0.4) is 0 Å². The van der Waals surface area contributed by atoms with Crippen LogP contribution in [-0.4, -0.2) is 80.3 Å². The molecule has 0 saturated carbocycles. The number of pyridine rings is 1. The highest BCUT2D eigenvalue weighted by molar-refractivity contribution is 6.32. The monoisotopic (exact) mass is 553 g/mol. The highest BCUT2D eigenvalue weighted by atomic mass is 35.5. The Kier molecular flexibility index (Phi) is 12.4. The van der Waals surface area contributed by atoms with Crippen molar-refractivity contribution in [1.29, 1.82) is 0 Å². The number of unbranched alkanes of at least 4 members (excludes halogenated alkanes) is 2. The third-order valence-electron chi connectivity index (χ3n) is 5.10. The average molecular weight is 554 g/mol. The molecule has 210 valence electrons. The van der Waals surface area contributed by atoms with Crippen molar-refractivity contribution in [1.82, 2.24) is 30.2 Å². The maximum absolute atomic E-state index is 12.7. The zero-order chi connectivity index (χ0) is 28.1. The van der Waals surface area contributed by atoms with E-state index in [2.05, 4.69) is 30.7 Å². The van der Waals surface area contributed by atoms with Crippen LogP contribution < -0.4 is 10.6 Å². The van der Waals surface area contributed by atoms with E-state index in [4.69, 9.17) is 16.3 Å². The number of aromatic nitrogens is 4. The summed E-state index contributed by atoms with van der Waals surface area (Å²) in [7, 11) is 1.36.